The molecule has 96 valence electrons. The van der Waals surface area contributed by atoms with Gasteiger partial charge in [-0.15, -0.1) is 0 Å². The van der Waals surface area contributed by atoms with E-state index in [1.165, 1.54) is 24.8 Å². The van der Waals surface area contributed by atoms with Crippen molar-refractivity contribution in [2.24, 2.45) is 11.1 Å². The van der Waals surface area contributed by atoms with Gasteiger partial charge in [-0.1, -0.05) is 20.3 Å². The van der Waals surface area contributed by atoms with Crippen LogP contribution in [0.2, 0.25) is 0 Å². The van der Waals surface area contributed by atoms with Crippen molar-refractivity contribution in [2.45, 2.75) is 45.2 Å². The van der Waals surface area contributed by atoms with E-state index in [1.807, 2.05) is 12.3 Å². The molecule has 2 rings (SSSR count). The summed E-state index contributed by atoms with van der Waals surface area (Å²) in [6.07, 6.45) is 7.30. The van der Waals surface area contributed by atoms with Crippen LogP contribution in [-0.2, 0) is 6.54 Å². The average molecular weight is 236 g/mol. The third kappa shape index (κ3) is 2.02. The van der Waals surface area contributed by atoms with Gasteiger partial charge in [0, 0.05) is 24.2 Å². The average Bonchev–Trinajstić information content (AvgIpc) is 2.85. The second-order valence-corrected chi connectivity index (χ2v) is 5.96. The minimum atomic E-state index is 0.129. The first-order chi connectivity index (χ1) is 8.02. The maximum Gasteiger partial charge on any atom is 0.0947 e. The molecule has 0 aliphatic heterocycles. The van der Waals surface area contributed by atoms with Gasteiger partial charge < -0.3 is 10.2 Å². The molecule has 17 heavy (non-hydrogen) atoms. The third-order valence-corrected chi connectivity index (χ3v) is 4.72. The summed E-state index contributed by atoms with van der Waals surface area (Å²) in [5.74, 6) is 0. The molecule has 0 bridgehead atoms. The molecule has 1 aliphatic carbocycles. The molecule has 0 spiro atoms. The van der Waals surface area contributed by atoms with Crippen molar-refractivity contribution in [3.8, 4) is 0 Å². The summed E-state index contributed by atoms with van der Waals surface area (Å²) in [6.45, 7) is 6.34. The zero-order chi connectivity index (χ0) is 12.5. The van der Waals surface area contributed by atoms with E-state index in [2.05, 4.69) is 25.8 Å². The van der Waals surface area contributed by atoms with Gasteiger partial charge in [-0.3, -0.25) is 4.90 Å². The van der Waals surface area contributed by atoms with E-state index in [4.69, 9.17) is 10.2 Å². The topological polar surface area (TPSA) is 42.4 Å². The van der Waals surface area contributed by atoms with Gasteiger partial charge >= 0.3 is 0 Å². The van der Waals surface area contributed by atoms with Gasteiger partial charge in [-0.2, -0.15) is 0 Å². The summed E-state index contributed by atoms with van der Waals surface area (Å²) in [7, 11) is 2.19. The van der Waals surface area contributed by atoms with Crippen LogP contribution in [0.1, 0.15) is 38.7 Å². The van der Waals surface area contributed by atoms with E-state index >= 15 is 0 Å². The van der Waals surface area contributed by atoms with Crippen molar-refractivity contribution in [1.82, 2.24) is 4.90 Å². The quantitative estimate of drug-likeness (QED) is 0.874. The maximum atomic E-state index is 6.11. The number of hydrogen-bond donors (Lipinski definition) is 1. The highest BCUT2D eigenvalue weighted by atomic mass is 16.3. The second kappa shape index (κ2) is 4.46. The Labute approximate surface area is 104 Å². The first kappa shape index (κ1) is 12.7. The van der Waals surface area contributed by atoms with E-state index in [-0.39, 0.29) is 5.54 Å². The Morgan fingerprint density at radius 2 is 2.18 bits per heavy atom. The number of hydrogen-bond acceptors (Lipinski definition) is 3. The summed E-state index contributed by atoms with van der Waals surface area (Å²) in [6, 6.07) is 2.03. The van der Waals surface area contributed by atoms with E-state index in [0.29, 0.717) is 5.41 Å². The van der Waals surface area contributed by atoms with Crippen LogP contribution in [0.5, 0.6) is 0 Å². The number of nitrogens with two attached hydrogens (primary N) is 1. The molecule has 2 N–H and O–H groups in total. The highest BCUT2D eigenvalue weighted by Crippen LogP contribution is 2.48. The SMILES string of the molecule is CN(Cc1ccoc1)C1(CN)CCCC1(C)C. The lowest BCUT2D eigenvalue weighted by Crippen LogP contribution is -2.57. The highest BCUT2D eigenvalue weighted by Gasteiger charge is 2.50. The largest absolute Gasteiger partial charge is 0.472 e. The van der Waals surface area contributed by atoms with Gasteiger partial charge in [0.1, 0.15) is 0 Å². The molecule has 0 radical (unpaired) electrons. The minimum Gasteiger partial charge on any atom is -0.472 e. The van der Waals surface area contributed by atoms with Gasteiger partial charge in [-0.25, -0.2) is 0 Å². The van der Waals surface area contributed by atoms with Crippen molar-refractivity contribution in [1.29, 1.82) is 0 Å². The molecule has 1 fully saturated rings. The fourth-order valence-electron chi connectivity index (χ4n) is 3.44. The number of likely N-dealkylation sites (N-methyl/N-ethyl adjacent to an activating group) is 1. The molecule has 1 aliphatic rings. The second-order valence-electron chi connectivity index (χ2n) is 5.96. The molecule has 1 atom stereocenters. The van der Waals surface area contributed by atoms with Gasteiger partial charge in [0.25, 0.3) is 0 Å². The first-order valence-corrected chi connectivity index (χ1v) is 6.44. The molecule has 1 saturated carbocycles. The predicted octanol–water partition coefficient (Wildman–Crippen LogP) is 2.62. The summed E-state index contributed by atoms with van der Waals surface area (Å²) < 4.78 is 5.14. The Morgan fingerprint density at radius 1 is 1.41 bits per heavy atom. The molecular formula is C14H24N2O. The fraction of sp³-hybridized carbons (Fsp3) is 0.714. The van der Waals surface area contributed by atoms with Crippen molar-refractivity contribution in [2.75, 3.05) is 13.6 Å². The van der Waals surface area contributed by atoms with Crippen molar-refractivity contribution >= 4 is 0 Å². The standard InChI is InChI=1S/C14H24N2O/c1-13(2)6-4-7-14(13,11-15)16(3)9-12-5-8-17-10-12/h5,8,10H,4,6-7,9,11,15H2,1-3H3. The van der Waals surface area contributed by atoms with Crippen molar-refractivity contribution in [3.05, 3.63) is 24.2 Å². The fourth-order valence-corrected chi connectivity index (χ4v) is 3.44. The van der Waals surface area contributed by atoms with Crippen LogP contribution in [-0.4, -0.2) is 24.0 Å². The van der Waals surface area contributed by atoms with E-state index in [0.717, 1.165) is 13.1 Å². The number of furan rings is 1. The van der Waals surface area contributed by atoms with Crippen molar-refractivity contribution in [3.63, 3.8) is 0 Å². The van der Waals surface area contributed by atoms with Crippen LogP contribution in [0, 0.1) is 5.41 Å². The highest BCUT2D eigenvalue weighted by molar-refractivity contribution is 5.11. The van der Waals surface area contributed by atoms with Crippen LogP contribution in [0.15, 0.2) is 23.0 Å². The van der Waals surface area contributed by atoms with Gasteiger partial charge in [0.05, 0.1) is 12.5 Å². The lowest BCUT2D eigenvalue weighted by molar-refractivity contribution is 0.0275. The summed E-state index contributed by atoms with van der Waals surface area (Å²) in [4.78, 5) is 2.42. The lowest BCUT2D eigenvalue weighted by Gasteiger charge is -2.47. The Balaban J connectivity index is 2.18. The van der Waals surface area contributed by atoms with E-state index < -0.39 is 0 Å². The molecule has 0 amide bonds. The lowest BCUT2D eigenvalue weighted by atomic mass is 9.73. The van der Waals surface area contributed by atoms with E-state index in [1.54, 1.807) is 6.26 Å². The minimum absolute atomic E-state index is 0.129. The molecule has 0 saturated heterocycles. The smallest absolute Gasteiger partial charge is 0.0947 e. The van der Waals surface area contributed by atoms with E-state index in [9.17, 15) is 0 Å². The van der Waals surface area contributed by atoms with Gasteiger partial charge in [0.2, 0.25) is 0 Å². The van der Waals surface area contributed by atoms with Crippen molar-refractivity contribution < 1.29 is 4.42 Å². The monoisotopic (exact) mass is 236 g/mol. The predicted molar refractivity (Wildman–Crippen MR) is 69.6 cm³/mol. The molecular weight excluding hydrogens is 212 g/mol. The normalized spacial score (nSPS) is 27.8. The van der Waals surface area contributed by atoms with Gasteiger partial charge in [-0.05, 0) is 31.4 Å². The Kier molecular flexibility index (Phi) is 3.32. The van der Waals surface area contributed by atoms with Crippen LogP contribution in [0.25, 0.3) is 0 Å². The van der Waals surface area contributed by atoms with Crippen LogP contribution in [0.4, 0.5) is 0 Å². The Hall–Kier alpha value is -0.800. The Morgan fingerprint density at radius 3 is 2.65 bits per heavy atom. The Bertz CT molecular complexity index is 358. The molecule has 1 aromatic rings. The maximum absolute atomic E-state index is 6.11. The summed E-state index contributed by atoms with van der Waals surface area (Å²) in [5.41, 5.74) is 7.76. The zero-order valence-electron chi connectivity index (χ0n) is 11.2. The summed E-state index contributed by atoms with van der Waals surface area (Å²) >= 11 is 0. The third-order valence-electron chi connectivity index (χ3n) is 4.72. The van der Waals surface area contributed by atoms with Gasteiger partial charge in [0.15, 0.2) is 0 Å². The molecule has 0 aromatic carbocycles. The molecule has 3 nitrogen and oxygen atoms in total. The summed E-state index contributed by atoms with van der Waals surface area (Å²) in [5, 5.41) is 0. The molecule has 1 unspecified atom stereocenters. The van der Waals surface area contributed by atoms with Crippen LogP contribution in [0.3, 0.4) is 0 Å². The zero-order valence-corrected chi connectivity index (χ0v) is 11.2. The number of rotatable bonds is 4. The van der Waals surface area contributed by atoms with Crippen LogP contribution < -0.4 is 5.73 Å². The molecule has 1 heterocycles. The van der Waals surface area contributed by atoms with Crippen LogP contribution >= 0.6 is 0 Å². The molecule has 3 heteroatoms. The first-order valence-electron chi connectivity index (χ1n) is 6.44. The molecule has 1 aromatic heterocycles. The number of nitrogens with zero attached hydrogens (tertiary/aromatic N) is 1.